The first-order valence-corrected chi connectivity index (χ1v) is 6.55. The van der Waals surface area contributed by atoms with Crippen molar-refractivity contribution >= 4 is 29.1 Å². The second-order valence-electron chi connectivity index (χ2n) is 5.07. The van der Waals surface area contributed by atoms with E-state index in [0.29, 0.717) is 11.4 Å². The van der Waals surface area contributed by atoms with E-state index in [1.54, 1.807) is 32.2 Å². The third kappa shape index (κ3) is 3.31. The van der Waals surface area contributed by atoms with Crippen LogP contribution in [0.3, 0.4) is 0 Å². The highest BCUT2D eigenvalue weighted by molar-refractivity contribution is 5.98. The number of nitrogens with one attached hydrogen (secondary N) is 1. The van der Waals surface area contributed by atoms with Gasteiger partial charge in [0.25, 0.3) is 0 Å². The van der Waals surface area contributed by atoms with E-state index in [0.717, 1.165) is 5.56 Å². The average molecular weight is 290 g/mol. The van der Waals surface area contributed by atoms with Gasteiger partial charge in [0.15, 0.2) is 0 Å². The van der Waals surface area contributed by atoms with Gasteiger partial charge < -0.3 is 20.9 Å². The number of carbonyl (C=O) groups excluding carboxylic acids is 3. The SMILES string of the molecule is Cc1c(N)cccc1NC(=O)CN1CC(=O)N(C)CC1=O. The molecule has 2 rings (SSSR count). The van der Waals surface area contributed by atoms with Crippen molar-refractivity contribution < 1.29 is 14.4 Å². The van der Waals surface area contributed by atoms with Gasteiger partial charge >= 0.3 is 0 Å². The van der Waals surface area contributed by atoms with Crippen LogP contribution in [0.25, 0.3) is 0 Å². The summed E-state index contributed by atoms with van der Waals surface area (Å²) in [6.45, 7) is 1.59. The number of likely N-dealkylation sites (N-methyl/N-ethyl adjacent to an activating group) is 1. The molecule has 0 bridgehead atoms. The van der Waals surface area contributed by atoms with Crippen molar-refractivity contribution in [3.05, 3.63) is 23.8 Å². The Labute approximate surface area is 122 Å². The molecule has 1 saturated heterocycles. The van der Waals surface area contributed by atoms with Crippen molar-refractivity contribution in [2.45, 2.75) is 6.92 Å². The Balaban J connectivity index is 2.00. The highest BCUT2D eigenvalue weighted by atomic mass is 16.2. The van der Waals surface area contributed by atoms with Gasteiger partial charge in [-0.2, -0.15) is 0 Å². The first-order valence-electron chi connectivity index (χ1n) is 6.55. The molecule has 1 aromatic carbocycles. The van der Waals surface area contributed by atoms with Crippen molar-refractivity contribution in [2.75, 3.05) is 37.7 Å². The van der Waals surface area contributed by atoms with Gasteiger partial charge in [-0.1, -0.05) is 6.07 Å². The third-order valence-corrected chi connectivity index (χ3v) is 3.46. The Morgan fingerprint density at radius 2 is 2.00 bits per heavy atom. The van der Waals surface area contributed by atoms with E-state index in [2.05, 4.69) is 5.32 Å². The van der Waals surface area contributed by atoms with Crippen LogP contribution in [0, 0.1) is 6.92 Å². The summed E-state index contributed by atoms with van der Waals surface area (Å²) in [7, 11) is 1.56. The Kier molecular flexibility index (Phi) is 4.11. The fraction of sp³-hybridized carbons (Fsp3) is 0.357. The highest BCUT2D eigenvalue weighted by Crippen LogP contribution is 2.20. The summed E-state index contributed by atoms with van der Waals surface area (Å²) in [5.41, 5.74) is 7.73. The lowest BCUT2D eigenvalue weighted by Crippen LogP contribution is -2.54. The molecule has 0 aliphatic carbocycles. The zero-order valence-corrected chi connectivity index (χ0v) is 12.0. The third-order valence-electron chi connectivity index (χ3n) is 3.46. The van der Waals surface area contributed by atoms with Crippen molar-refractivity contribution in [3.8, 4) is 0 Å². The van der Waals surface area contributed by atoms with E-state index in [-0.39, 0.29) is 37.4 Å². The van der Waals surface area contributed by atoms with Crippen LogP contribution in [0.5, 0.6) is 0 Å². The lowest BCUT2D eigenvalue weighted by molar-refractivity contribution is -0.149. The molecule has 7 nitrogen and oxygen atoms in total. The number of nitrogens with zero attached hydrogens (tertiary/aromatic N) is 2. The number of nitrogen functional groups attached to an aromatic ring is 1. The number of hydrogen-bond donors (Lipinski definition) is 2. The van der Waals surface area contributed by atoms with Crippen molar-refractivity contribution in [1.29, 1.82) is 0 Å². The smallest absolute Gasteiger partial charge is 0.244 e. The van der Waals surface area contributed by atoms with Gasteiger partial charge in [0, 0.05) is 18.4 Å². The largest absolute Gasteiger partial charge is 0.398 e. The quantitative estimate of drug-likeness (QED) is 0.755. The summed E-state index contributed by atoms with van der Waals surface area (Å²) in [6, 6.07) is 5.22. The molecule has 1 heterocycles. The highest BCUT2D eigenvalue weighted by Gasteiger charge is 2.28. The standard InChI is InChI=1S/C14H18N4O3/c1-9-10(15)4-3-5-11(9)16-12(19)6-18-8-13(20)17(2)7-14(18)21/h3-5H,6-8,15H2,1-2H3,(H,16,19). The summed E-state index contributed by atoms with van der Waals surface area (Å²) in [6.07, 6.45) is 0. The van der Waals surface area contributed by atoms with Crippen molar-refractivity contribution in [2.24, 2.45) is 0 Å². The van der Waals surface area contributed by atoms with E-state index in [1.165, 1.54) is 9.80 Å². The van der Waals surface area contributed by atoms with Crippen LogP contribution in [0.1, 0.15) is 5.56 Å². The van der Waals surface area contributed by atoms with Crippen molar-refractivity contribution in [3.63, 3.8) is 0 Å². The molecule has 0 atom stereocenters. The van der Waals surface area contributed by atoms with Crippen LogP contribution >= 0.6 is 0 Å². The number of carbonyl (C=O) groups is 3. The van der Waals surface area contributed by atoms with Gasteiger partial charge in [0.2, 0.25) is 17.7 Å². The number of nitrogens with two attached hydrogens (primary N) is 1. The van der Waals surface area contributed by atoms with E-state index in [1.807, 2.05) is 0 Å². The molecule has 0 saturated carbocycles. The average Bonchev–Trinajstić information content (AvgIpc) is 2.41. The number of hydrogen-bond acceptors (Lipinski definition) is 4. The topological polar surface area (TPSA) is 95.7 Å². The van der Waals surface area contributed by atoms with Crippen LogP contribution in [-0.4, -0.2) is 54.2 Å². The maximum absolute atomic E-state index is 12.0. The summed E-state index contributed by atoms with van der Waals surface area (Å²) >= 11 is 0. The summed E-state index contributed by atoms with van der Waals surface area (Å²) in [4.78, 5) is 38.0. The van der Waals surface area contributed by atoms with E-state index < -0.39 is 0 Å². The molecule has 3 N–H and O–H groups in total. The Bertz CT molecular complexity index is 600. The van der Waals surface area contributed by atoms with Gasteiger partial charge in [-0.25, -0.2) is 0 Å². The molecule has 0 radical (unpaired) electrons. The molecule has 1 fully saturated rings. The Morgan fingerprint density at radius 3 is 2.71 bits per heavy atom. The van der Waals surface area contributed by atoms with Crippen LogP contribution in [0.4, 0.5) is 11.4 Å². The minimum atomic E-state index is -0.352. The lowest BCUT2D eigenvalue weighted by atomic mass is 10.1. The van der Waals surface area contributed by atoms with Crippen LogP contribution in [0.2, 0.25) is 0 Å². The van der Waals surface area contributed by atoms with E-state index in [4.69, 9.17) is 5.73 Å². The Morgan fingerprint density at radius 1 is 1.29 bits per heavy atom. The minimum absolute atomic E-state index is 0.00340. The monoisotopic (exact) mass is 290 g/mol. The molecule has 0 spiro atoms. The van der Waals surface area contributed by atoms with Crippen molar-refractivity contribution in [1.82, 2.24) is 9.80 Å². The number of benzene rings is 1. The van der Waals surface area contributed by atoms with Crippen LogP contribution < -0.4 is 11.1 Å². The number of piperazine rings is 1. The molecule has 1 aromatic rings. The van der Waals surface area contributed by atoms with Gasteiger partial charge in [-0.15, -0.1) is 0 Å². The molecular formula is C14H18N4O3. The first-order chi connectivity index (χ1) is 9.88. The number of amides is 3. The summed E-state index contributed by atoms with van der Waals surface area (Å²) in [5.74, 6) is -0.770. The van der Waals surface area contributed by atoms with Gasteiger partial charge in [-0.3, -0.25) is 14.4 Å². The summed E-state index contributed by atoms with van der Waals surface area (Å²) in [5, 5.41) is 2.71. The zero-order chi connectivity index (χ0) is 15.6. The molecule has 112 valence electrons. The second kappa shape index (κ2) is 5.82. The van der Waals surface area contributed by atoms with E-state index in [9.17, 15) is 14.4 Å². The van der Waals surface area contributed by atoms with Crippen LogP contribution in [0.15, 0.2) is 18.2 Å². The molecular weight excluding hydrogens is 272 g/mol. The van der Waals surface area contributed by atoms with Crippen LogP contribution in [-0.2, 0) is 14.4 Å². The zero-order valence-electron chi connectivity index (χ0n) is 12.0. The van der Waals surface area contributed by atoms with E-state index >= 15 is 0 Å². The number of rotatable bonds is 3. The van der Waals surface area contributed by atoms with Gasteiger partial charge in [-0.05, 0) is 24.6 Å². The van der Waals surface area contributed by atoms with Gasteiger partial charge in [0.05, 0.1) is 6.54 Å². The summed E-state index contributed by atoms with van der Waals surface area (Å²) < 4.78 is 0. The molecule has 1 aliphatic rings. The fourth-order valence-corrected chi connectivity index (χ4v) is 2.06. The predicted molar refractivity (Wildman–Crippen MR) is 78.4 cm³/mol. The second-order valence-corrected chi connectivity index (χ2v) is 5.07. The first kappa shape index (κ1) is 14.8. The Hall–Kier alpha value is -2.57. The molecule has 1 aliphatic heterocycles. The van der Waals surface area contributed by atoms with Gasteiger partial charge in [0.1, 0.15) is 13.1 Å². The normalized spacial score (nSPS) is 15.3. The fourth-order valence-electron chi connectivity index (χ4n) is 2.06. The maximum atomic E-state index is 12.0. The minimum Gasteiger partial charge on any atom is -0.398 e. The number of anilines is 2. The molecule has 0 unspecified atom stereocenters. The predicted octanol–water partition coefficient (Wildman–Crippen LogP) is -0.184. The molecule has 7 heteroatoms. The molecule has 3 amide bonds. The molecule has 0 aromatic heterocycles. The molecule has 21 heavy (non-hydrogen) atoms. The maximum Gasteiger partial charge on any atom is 0.244 e. The lowest BCUT2D eigenvalue weighted by Gasteiger charge is -2.31.